The van der Waals surface area contributed by atoms with Gasteiger partial charge in [-0.25, -0.2) is 0 Å². The number of thiocarbonyl (C=S) groups is 1. The van der Waals surface area contributed by atoms with Crippen molar-refractivity contribution >= 4 is 17.2 Å². The number of rotatable bonds is 4. The van der Waals surface area contributed by atoms with Crippen LogP contribution in [0, 0.1) is 5.92 Å². The van der Waals surface area contributed by atoms with Crippen molar-refractivity contribution in [1.29, 1.82) is 0 Å². The lowest BCUT2D eigenvalue weighted by molar-refractivity contribution is 0.162. The van der Waals surface area contributed by atoms with Crippen LogP contribution in [0.15, 0.2) is 18.2 Å². The van der Waals surface area contributed by atoms with E-state index in [1.807, 2.05) is 12.1 Å². The van der Waals surface area contributed by atoms with Gasteiger partial charge in [-0.15, -0.1) is 0 Å². The van der Waals surface area contributed by atoms with Gasteiger partial charge in [0.1, 0.15) is 0 Å². The maximum absolute atomic E-state index is 9.71. The van der Waals surface area contributed by atoms with Gasteiger partial charge in [-0.1, -0.05) is 25.2 Å². The summed E-state index contributed by atoms with van der Waals surface area (Å²) in [5, 5.41) is 9.71. The molecule has 1 fully saturated rings. The Morgan fingerprint density at radius 1 is 1.55 bits per heavy atom. The highest BCUT2D eigenvalue weighted by atomic mass is 32.1. The highest BCUT2D eigenvalue weighted by Gasteiger charge is 2.27. The van der Waals surface area contributed by atoms with E-state index in [0.29, 0.717) is 16.7 Å². The van der Waals surface area contributed by atoms with Gasteiger partial charge in [0, 0.05) is 6.54 Å². The number of piperidine rings is 1. The summed E-state index contributed by atoms with van der Waals surface area (Å²) in [6.07, 6.45) is 2.41. The van der Waals surface area contributed by atoms with Crippen molar-refractivity contribution in [2.75, 3.05) is 20.2 Å². The Bertz CT molecular complexity index is 493. The molecule has 0 aromatic heterocycles. The van der Waals surface area contributed by atoms with Gasteiger partial charge in [0.15, 0.2) is 11.5 Å². The molecule has 0 amide bonds. The van der Waals surface area contributed by atoms with Gasteiger partial charge in [0.05, 0.1) is 18.1 Å². The predicted molar refractivity (Wildman–Crippen MR) is 84.2 cm³/mol. The van der Waals surface area contributed by atoms with Gasteiger partial charge in [-0.05, 0) is 43.0 Å². The topological polar surface area (TPSA) is 58.7 Å². The van der Waals surface area contributed by atoms with Crippen molar-refractivity contribution in [2.24, 2.45) is 11.7 Å². The Morgan fingerprint density at radius 2 is 2.30 bits per heavy atom. The first-order valence-corrected chi connectivity index (χ1v) is 7.34. The molecule has 3 N–H and O–H groups in total. The maximum Gasteiger partial charge on any atom is 0.160 e. The Kier molecular flexibility index (Phi) is 4.83. The van der Waals surface area contributed by atoms with Crippen molar-refractivity contribution in [3.8, 4) is 11.5 Å². The number of likely N-dealkylation sites (tertiary alicyclic amines) is 1. The van der Waals surface area contributed by atoms with Gasteiger partial charge >= 0.3 is 0 Å². The van der Waals surface area contributed by atoms with Crippen molar-refractivity contribution < 1.29 is 9.84 Å². The summed E-state index contributed by atoms with van der Waals surface area (Å²) in [6, 6.07) is 5.22. The van der Waals surface area contributed by atoms with E-state index in [1.165, 1.54) is 13.5 Å². The van der Waals surface area contributed by atoms with Gasteiger partial charge in [-0.2, -0.15) is 0 Å². The SMILES string of the molecule is COc1cc(C(C(N)=S)N2CCCC(C)C2)ccc1O. The summed E-state index contributed by atoms with van der Waals surface area (Å²) in [4.78, 5) is 2.79. The first kappa shape index (κ1) is 15.1. The standard InChI is InChI=1S/C15H22N2O2S/c1-10-4-3-7-17(9-10)14(15(16)20)11-5-6-12(18)13(8-11)19-2/h5-6,8,10,14,18H,3-4,7,9H2,1-2H3,(H2,16,20). The summed E-state index contributed by atoms with van der Waals surface area (Å²) in [6.45, 7) is 4.24. The number of benzene rings is 1. The highest BCUT2D eigenvalue weighted by Crippen LogP contribution is 2.33. The molecule has 4 nitrogen and oxygen atoms in total. The second kappa shape index (κ2) is 6.41. The molecule has 1 heterocycles. The van der Waals surface area contributed by atoms with Crippen LogP contribution in [0.3, 0.4) is 0 Å². The number of nitrogens with two attached hydrogens (primary N) is 1. The van der Waals surface area contributed by atoms with E-state index in [9.17, 15) is 5.11 Å². The summed E-state index contributed by atoms with van der Waals surface area (Å²) < 4.78 is 5.17. The molecule has 1 aromatic carbocycles. The minimum atomic E-state index is -0.0951. The van der Waals surface area contributed by atoms with Crippen LogP contribution in [0.2, 0.25) is 0 Å². The molecule has 1 aromatic rings. The van der Waals surface area contributed by atoms with Crippen LogP contribution in [0.5, 0.6) is 11.5 Å². The number of hydrogen-bond donors (Lipinski definition) is 2. The van der Waals surface area contributed by atoms with E-state index in [1.54, 1.807) is 6.07 Å². The molecular weight excluding hydrogens is 272 g/mol. The van der Waals surface area contributed by atoms with E-state index in [2.05, 4.69) is 11.8 Å². The van der Waals surface area contributed by atoms with Crippen molar-refractivity contribution in [1.82, 2.24) is 4.90 Å². The molecule has 110 valence electrons. The number of hydrogen-bond acceptors (Lipinski definition) is 4. The number of aromatic hydroxyl groups is 1. The Balaban J connectivity index is 2.30. The Morgan fingerprint density at radius 3 is 2.90 bits per heavy atom. The number of phenolic OH excluding ortho intramolecular Hbond substituents is 1. The van der Waals surface area contributed by atoms with Crippen LogP contribution in [-0.4, -0.2) is 35.2 Å². The van der Waals surface area contributed by atoms with Crippen LogP contribution in [0.1, 0.15) is 31.4 Å². The zero-order valence-electron chi connectivity index (χ0n) is 12.0. The van der Waals surface area contributed by atoms with Crippen LogP contribution in [-0.2, 0) is 0 Å². The number of ether oxygens (including phenoxy) is 1. The third kappa shape index (κ3) is 3.22. The van der Waals surface area contributed by atoms with Gasteiger partial charge in [0.2, 0.25) is 0 Å². The van der Waals surface area contributed by atoms with Gasteiger partial charge < -0.3 is 15.6 Å². The maximum atomic E-state index is 9.71. The third-order valence-corrected chi connectivity index (χ3v) is 4.07. The molecule has 1 saturated heterocycles. The average Bonchev–Trinajstić information content (AvgIpc) is 2.40. The Labute approximate surface area is 125 Å². The summed E-state index contributed by atoms with van der Waals surface area (Å²) in [5.41, 5.74) is 6.93. The molecule has 0 spiro atoms. The summed E-state index contributed by atoms with van der Waals surface area (Å²) in [5.74, 6) is 1.23. The lowest BCUT2D eigenvalue weighted by atomic mass is 9.96. The van der Waals surface area contributed by atoms with Gasteiger partial charge in [-0.3, -0.25) is 4.90 Å². The molecular formula is C15H22N2O2S. The first-order chi connectivity index (χ1) is 9.52. The Hall–Kier alpha value is -1.33. The van der Waals surface area contributed by atoms with Crippen molar-refractivity contribution in [3.63, 3.8) is 0 Å². The fraction of sp³-hybridized carbons (Fsp3) is 0.533. The van der Waals surface area contributed by atoms with E-state index in [-0.39, 0.29) is 11.8 Å². The normalized spacial score (nSPS) is 21.4. The minimum Gasteiger partial charge on any atom is -0.504 e. The first-order valence-electron chi connectivity index (χ1n) is 6.93. The minimum absolute atomic E-state index is 0.0951. The fourth-order valence-corrected chi connectivity index (χ4v) is 3.16. The third-order valence-electron chi connectivity index (χ3n) is 3.84. The summed E-state index contributed by atoms with van der Waals surface area (Å²) in [7, 11) is 1.54. The zero-order valence-corrected chi connectivity index (χ0v) is 12.8. The fourth-order valence-electron chi connectivity index (χ4n) is 2.88. The second-order valence-electron chi connectivity index (χ2n) is 5.48. The number of nitrogens with zero attached hydrogens (tertiary/aromatic N) is 1. The van der Waals surface area contributed by atoms with Crippen LogP contribution >= 0.6 is 12.2 Å². The zero-order chi connectivity index (χ0) is 14.7. The molecule has 1 aliphatic heterocycles. The van der Waals surface area contributed by atoms with Crippen molar-refractivity contribution in [2.45, 2.75) is 25.8 Å². The smallest absolute Gasteiger partial charge is 0.160 e. The molecule has 2 atom stereocenters. The second-order valence-corrected chi connectivity index (χ2v) is 5.95. The molecule has 0 saturated carbocycles. The number of methoxy groups -OCH3 is 1. The van der Waals surface area contributed by atoms with Crippen LogP contribution in [0.4, 0.5) is 0 Å². The molecule has 2 unspecified atom stereocenters. The van der Waals surface area contributed by atoms with E-state index >= 15 is 0 Å². The van der Waals surface area contributed by atoms with E-state index in [0.717, 1.165) is 25.1 Å². The largest absolute Gasteiger partial charge is 0.504 e. The molecule has 5 heteroatoms. The highest BCUT2D eigenvalue weighted by molar-refractivity contribution is 7.80. The van der Waals surface area contributed by atoms with E-state index < -0.39 is 0 Å². The molecule has 2 rings (SSSR count). The quantitative estimate of drug-likeness (QED) is 0.835. The number of phenols is 1. The molecule has 0 bridgehead atoms. The van der Waals surface area contributed by atoms with Crippen molar-refractivity contribution in [3.05, 3.63) is 23.8 Å². The lowest BCUT2D eigenvalue weighted by Crippen LogP contribution is -2.42. The van der Waals surface area contributed by atoms with E-state index in [4.69, 9.17) is 22.7 Å². The van der Waals surface area contributed by atoms with Gasteiger partial charge in [0.25, 0.3) is 0 Å². The monoisotopic (exact) mass is 294 g/mol. The molecule has 20 heavy (non-hydrogen) atoms. The lowest BCUT2D eigenvalue weighted by Gasteiger charge is -2.37. The molecule has 0 aliphatic carbocycles. The molecule has 1 aliphatic rings. The van der Waals surface area contributed by atoms with Crippen LogP contribution < -0.4 is 10.5 Å². The predicted octanol–water partition coefficient (Wildman–Crippen LogP) is 2.46. The average molecular weight is 294 g/mol. The van der Waals surface area contributed by atoms with Crippen LogP contribution in [0.25, 0.3) is 0 Å². The molecule has 0 radical (unpaired) electrons. The summed E-state index contributed by atoms with van der Waals surface area (Å²) >= 11 is 5.26.